The number of halogens is 1. The van der Waals surface area contributed by atoms with Gasteiger partial charge in [0.25, 0.3) is 5.91 Å². The van der Waals surface area contributed by atoms with Crippen molar-refractivity contribution in [1.82, 2.24) is 4.98 Å². The van der Waals surface area contributed by atoms with Gasteiger partial charge >= 0.3 is 0 Å². The minimum atomic E-state index is -0.251. The van der Waals surface area contributed by atoms with Gasteiger partial charge in [0.2, 0.25) is 0 Å². The Hall–Kier alpha value is -1.88. The normalized spacial score (nSPS) is 11.1. The predicted molar refractivity (Wildman–Crippen MR) is 91.2 cm³/mol. The Labute approximate surface area is 139 Å². The molecule has 116 valence electrons. The summed E-state index contributed by atoms with van der Waals surface area (Å²) in [5.41, 5.74) is 1.32. The lowest BCUT2D eigenvalue weighted by Gasteiger charge is -2.19. The zero-order valence-corrected chi connectivity index (χ0v) is 14.5. The number of amides is 1. The van der Waals surface area contributed by atoms with Crippen LogP contribution in [0.5, 0.6) is 5.75 Å². The van der Waals surface area contributed by atoms with Gasteiger partial charge in [0, 0.05) is 6.20 Å². The monoisotopic (exact) mass is 362 g/mol. The first-order chi connectivity index (χ1) is 10.4. The topological polar surface area (TPSA) is 51.2 Å². The molecule has 1 amide bonds. The van der Waals surface area contributed by atoms with Gasteiger partial charge in [-0.05, 0) is 51.2 Å². The second kappa shape index (κ2) is 6.92. The second-order valence-corrected chi connectivity index (χ2v) is 6.80. The molecule has 1 N–H and O–H groups in total. The number of hydrogen-bond donors (Lipinski definition) is 1. The molecule has 1 aromatic heterocycles. The average molecular weight is 363 g/mol. The van der Waals surface area contributed by atoms with E-state index in [1.807, 2.05) is 30.3 Å². The van der Waals surface area contributed by atoms with Crippen LogP contribution in [0.2, 0.25) is 0 Å². The van der Waals surface area contributed by atoms with Gasteiger partial charge in [-0.2, -0.15) is 0 Å². The molecule has 0 radical (unpaired) electrons. The minimum absolute atomic E-state index is 0.0577. The van der Waals surface area contributed by atoms with Gasteiger partial charge in [0.05, 0.1) is 4.47 Å². The van der Waals surface area contributed by atoms with Crippen LogP contribution in [0.1, 0.15) is 26.3 Å². The Balaban J connectivity index is 1.90. The molecule has 0 atom stereocenters. The molecule has 0 saturated carbocycles. The highest BCUT2D eigenvalue weighted by atomic mass is 79.9. The second-order valence-electron chi connectivity index (χ2n) is 5.95. The molecule has 4 nitrogen and oxygen atoms in total. The van der Waals surface area contributed by atoms with Gasteiger partial charge in [0.1, 0.15) is 11.6 Å². The smallest absolute Gasteiger partial charge is 0.263 e. The van der Waals surface area contributed by atoms with E-state index in [0.717, 1.165) is 4.47 Å². The van der Waals surface area contributed by atoms with Gasteiger partial charge < -0.3 is 10.1 Å². The zero-order chi connectivity index (χ0) is 16.2. The number of benzene rings is 1. The summed E-state index contributed by atoms with van der Waals surface area (Å²) in [5.74, 6) is 0.904. The highest BCUT2D eigenvalue weighted by Crippen LogP contribution is 2.24. The first-order valence-electron chi connectivity index (χ1n) is 7.00. The summed E-state index contributed by atoms with van der Waals surface area (Å²) >= 11 is 3.33. The third-order valence-corrected chi connectivity index (χ3v) is 3.75. The number of nitrogens with one attached hydrogen (secondary N) is 1. The van der Waals surface area contributed by atoms with Crippen LogP contribution >= 0.6 is 15.9 Å². The number of anilines is 1. The number of carbonyl (C=O) groups excluding carboxylic acids is 1. The Bertz CT molecular complexity index is 648. The van der Waals surface area contributed by atoms with Crippen LogP contribution in [0.4, 0.5) is 5.82 Å². The maximum absolute atomic E-state index is 11.9. The van der Waals surface area contributed by atoms with Gasteiger partial charge in [-0.25, -0.2) is 4.98 Å². The van der Waals surface area contributed by atoms with Crippen molar-refractivity contribution in [3.8, 4) is 5.75 Å². The SMILES string of the molecule is CC(C)(C)c1ccc(OCC(=O)Nc2ncccc2Br)cc1. The molecule has 0 aliphatic heterocycles. The molecule has 0 fully saturated rings. The Morgan fingerprint density at radius 2 is 1.91 bits per heavy atom. The van der Waals surface area contributed by atoms with E-state index >= 15 is 0 Å². The van der Waals surface area contributed by atoms with E-state index in [0.29, 0.717) is 11.6 Å². The fraction of sp³-hybridized carbons (Fsp3) is 0.294. The van der Waals surface area contributed by atoms with Crippen molar-refractivity contribution in [3.05, 3.63) is 52.6 Å². The van der Waals surface area contributed by atoms with Crippen molar-refractivity contribution in [2.75, 3.05) is 11.9 Å². The van der Waals surface area contributed by atoms with E-state index < -0.39 is 0 Å². The average Bonchev–Trinajstić information content (AvgIpc) is 2.47. The molecule has 2 aromatic rings. The van der Waals surface area contributed by atoms with Crippen LogP contribution in [-0.2, 0) is 10.2 Å². The van der Waals surface area contributed by atoms with Crippen molar-refractivity contribution in [2.45, 2.75) is 26.2 Å². The number of aromatic nitrogens is 1. The van der Waals surface area contributed by atoms with Crippen LogP contribution in [0.3, 0.4) is 0 Å². The van der Waals surface area contributed by atoms with E-state index in [9.17, 15) is 4.79 Å². The summed E-state index contributed by atoms with van der Waals surface area (Å²) < 4.78 is 6.23. The largest absolute Gasteiger partial charge is 0.484 e. The quantitative estimate of drug-likeness (QED) is 0.888. The standard InChI is InChI=1S/C17H19BrN2O2/c1-17(2,3)12-6-8-13(9-7-12)22-11-15(21)20-16-14(18)5-4-10-19-16/h4-10H,11H2,1-3H3,(H,19,20,21). The molecular weight excluding hydrogens is 344 g/mol. The third-order valence-electron chi connectivity index (χ3n) is 3.11. The summed E-state index contributed by atoms with van der Waals surface area (Å²) in [6, 6.07) is 11.4. The van der Waals surface area contributed by atoms with E-state index in [4.69, 9.17) is 4.74 Å². The number of rotatable bonds is 4. The van der Waals surface area contributed by atoms with Crippen LogP contribution < -0.4 is 10.1 Å². The van der Waals surface area contributed by atoms with E-state index in [1.165, 1.54) is 5.56 Å². The van der Waals surface area contributed by atoms with Crippen LogP contribution in [0, 0.1) is 0 Å². The fourth-order valence-electron chi connectivity index (χ4n) is 1.85. The van der Waals surface area contributed by atoms with Gasteiger partial charge in [0.15, 0.2) is 6.61 Å². The van der Waals surface area contributed by atoms with Crippen molar-refractivity contribution >= 4 is 27.7 Å². The fourth-order valence-corrected chi connectivity index (χ4v) is 2.20. The van der Waals surface area contributed by atoms with E-state index in [2.05, 4.69) is 47.0 Å². The van der Waals surface area contributed by atoms with Gasteiger partial charge in [-0.3, -0.25) is 4.79 Å². The lowest BCUT2D eigenvalue weighted by Crippen LogP contribution is -2.21. The summed E-state index contributed by atoms with van der Waals surface area (Å²) in [6.07, 6.45) is 1.62. The molecular formula is C17H19BrN2O2. The molecule has 2 rings (SSSR count). The molecule has 0 aliphatic rings. The minimum Gasteiger partial charge on any atom is -0.484 e. The molecule has 22 heavy (non-hydrogen) atoms. The first kappa shape index (κ1) is 16.5. The Morgan fingerprint density at radius 3 is 2.50 bits per heavy atom. The number of hydrogen-bond acceptors (Lipinski definition) is 3. The molecule has 1 aromatic carbocycles. The number of ether oxygens (including phenoxy) is 1. The van der Waals surface area contributed by atoms with E-state index in [1.54, 1.807) is 12.3 Å². The van der Waals surface area contributed by atoms with Crippen molar-refractivity contribution in [1.29, 1.82) is 0 Å². The summed E-state index contributed by atoms with van der Waals surface area (Å²) in [4.78, 5) is 15.9. The van der Waals surface area contributed by atoms with Crippen LogP contribution in [0.15, 0.2) is 47.1 Å². The first-order valence-corrected chi connectivity index (χ1v) is 7.79. The van der Waals surface area contributed by atoms with Gasteiger partial charge in [-0.15, -0.1) is 0 Å². The van der Waals surface area contributed by atoms with Gasteiger partial charge in [-0.1, -0.05) is 32.9 Å². The molecule has 0 bridgehead atoms. The van der Waals surface area contributed by atoms with Crippen molar-refractivity contribution in [2.24, 2.45) is 0 Å². The summed E-state index contributed by atoms with van der Waals surface area (Å²) in [6.45, 7) is 6.40. The maximum atomic E-state index is 11.9. The molecule has 0 spiro atoms. The predicted octanol–water partition coefficient (Wildman–Crippen LogP) is 4.16. The number of carbonyl (C=O) groups is 1. The third kappa shape index (κ3) is 4.56. The maximum Gasteiger partial charge on any atom is 0.263 e. The number of nitrogens with zero attached hydrogens (tertiary/aromatic N) is 1. The molecule has 0 unspecified atom stereocenters. The molecule has 0 aliphatic carbocycles. The molecule has 0 saturated heterocycles. The lowest BCUT2D eigenvalue weighted by atomic mass is 9.87. The lowest BCUT2D eigenvalue weighted by molar-refractivity contribution is -0.118. The zero-order valence-electron chi connectivity index (χ0n) is 12.9. The molecule has 1 heterocycles. The Morgan fingerprint density at radius 1 is 1.23 bits per heavy atom. The summed E-state index contributed by atoms with van der Waals surface area (Å²) in [5, 5.41) is 2.69. The van der Waals surface area contributed by atoms with Crippen molar-refractivity contribution in [3.63, 3.8) is 0 Å². The highest BCUT2D eigenvalue weighted by molar-refractivity contribution is 9.10. The van der Waals surface area contributed by atoms with Crippen LogP contribution in [0.25, 0.3) is 0 Å². The van der Waals surface area contributed by atoms with Crippen LogP contribution in [-0.4, -0.2) is 17.5 Å². The number of pyridine rings is 1. The summed E-state index contributed by atoms with van der Waals surface area (Å²) in [7, 11) is 0. The van der Waals surface area contributed by atoms with Crippen molar-refractivity contribution < 1.29 is 9.53 Å². The highest BCUT2D eigenvalue weighted by Gasteiger charge is 2.13. The van der Waals surface area contributed by atoms with E-state index in [-0.39, 0.29) is 17.9 Å². The molecule has 5 heteroatoms. The Kier molecular flexibility index (Phi) is 5.19.